The summed E-state index contributed by atoms with van der Waals surface area (Å²) >= 11 is 6.26. The molecule has 0 spiro atoms. The third-order valence-electron chi connectivity index (χ3n) is 6.81. The average Bonchev–Trinajstić information content (AvgIpc) is 2.97. The molecule has 1 N–H and O–H groups in total. The minimum Gasteiger partial charge on any atom is -0.497 e. The molecule has 0 fully saturated rings. The van der Waals surface area contributed by atoms with Crippen LogP contribution in [0, 0.1) is 17.0 Å². The summed E-state index contributed by atoms with van der Waals surface area (Å²) in [5, 5.41) is 14.7. The second kappa shape index (κ2) is 14.2. The van der Waals surface area contributed by atoms with Crippen molar-refractivity contribution in [3.05, 3.63) is 86.9 Å². The van der Waals surface area contributed by atoms with Crippen LogP contribution in [0.4, 0.5) is 11.4 Å². The Bertz CT molecular complexity index is 1690. The Labute approximate surface area is 268 Å². The number of nitrogens with one attached hydrogen (secondary N) is 1. The number of amides is 2. The lowest BCUT2D eigenvalue weighted by Gasteiger charge is -2.33. The Kier molecular flexibility index (Phi) is 11.1. The van der Waals surface area contributed by atoms with Gasteiger partial charge in [-0.05, 0) is 76.6 Å². The predicted octanol–water partition coefficient (Wildman–Crippen LogP) is 5.10. The standard InChI is InChI=1S/C31H37ClN4O8S/c1-20-11-13-25(17-26(20)36(39)40)45(41,42)35(27-16-23(32)12-14-28(27)44-7)19-29(37)34(21(2)30(38)33-31(3,4)5)18-22-9-8-10-24(15-22)43-6/h8-17,21H,18-19H2,1-7H3,(H,33,38)/t21-/m0/s1. The van der Waals surface area contributed by atoms with E-state index >= 15 is 0 Å². The average molecular weight is 661 g/mol. The summed E-state index contributed by atoms with van der Waals surface area (Å²) in [5.74, 6) is -0.583. The fourth-order valence-electron chi connectivity index (χ4n) is 4.47. The van der Waals surface area contributed by atoms with Gasteiger partial charge in [0.25, 0.3) is 15.7 Å². The van der Waals surface area contributed by atoms with Crippen LogP contribution in [0.5, 0.6) is 11.5 Å². The topological polar surface area (TPSA) is 148 Å². The van der Waals surface area contributed by atoms with E-state index in [1.54, 1.807) is 52.0 Å². The van der Waals surface area contributed by atoms with Gasteiger partial charge in [0, 0.05) is 28.7 Å². The number of carbonyl (C=O) groups is 2. The molecule has 0 aliphatic heterocycles. The second-order valence-electron chi connectivity index (χ2n) is 11.3. The quantitative estimate of drug-likeness (QED) is 0.208. The lowest BCUT2D eigenvalue weighted by atomic mass is 10.1. The number of sulfonamides is 1. The summed E-state index contributed by atoms with van der Waals surface area (Å²) in [5.41, 5.74) is -0.214. The molecule has 0 radical (unpaired) electrons. The van der Waals surface area contributed by atoms with Gasteiger partial charge in [0.2, 0.25) is 11.8 Å². The normalized spacial score (nSPS) is 12.2. The zero-order valence-corrected chi connectivity index (χ0v) is 27.7. The van der Waals surface area contributed by atoms with Crippen molar-refractivity contribution >= 4 is 44.8 Å². The Morgan fingerprint density at radius 1 is 1.04 bits per heavy atom. The van der Waals surface area contributed by atoms with Crippen molar-refractivity contribution in [2.45, 2.75) is 57.6 Å². The summed E-state index contributed by atoms with van der Waals surface area (Å²) in [7, 11) is -1.82. The first-order chi connectivity index (χ1) is 21.0. The second-order valence-corrected chi connectivity index (χ2v) is 13.6. The van der Waals surface area contributed by atoms with E-state index in [2.05, 4.69) is 5.32 Å². The van der Waals surface area contributed by atoms with Gasteiger partial charge in [-0.25, -0.2) is 8.42 Å². The number of nitro groups is 1. The molecule has 45 heavy (non-hydrogen) atoms. The highest BCUT2D eigenvalue weighted by molar-refractivity contribution is 7.92. The Morgan fingerprint density at radius 2 is 1.73 bits per heavy atom. The van der Waals surface area contributed by atoms with Crippen LogP contribution in [-0.4, -0.2) is 62.4 Å². The van der Waals surface area contributed by atoms with Gasteiger partial charge in [-0.15, -0.1) is 0 Å². The Balaban J connectivity index is 2.18. The fraction of sp³-hybridized carbons (Fsp3) is 0.355. The number of methoxy groups -OCH3 is 2. The number of hydrogen-bond acceptors (Lipinski definition) is 8. The van der Waals surface area contributed by atoms with Crippen LogP contribution in [0.15, 0.2) is 65.6 Å². The van der Waals surface area contributed by atoms with Gasteiger partial charge < -0.3 is 19.7 Å². The summed E-state index contributed by atoms with van der Waals surface area (Å²) < 4.78 is 40.0. The minimum atomic E-state index is -4.64. The van der Waals surface area contributed by atoms with Crippen LogP contribution in [0.3, 0.4) is 0 Å². The number of ether oxygens (including phenoxy) is 2. The number of carbonyl (C=O) groups excluding carboxylic acids is 2. The van der Waals surface area contributed by atoms with E-state index in [-0.39, 0.29) is 28.6 Å². The smallest absolute Gasteiger partial charge is 0.273 e. The molecule has 3 aromatic rings. The molecular weight excluding hydrogens is 624 g/mol. The fourth-order valence-corrected chi connectivity index (χ4v) is 6.07. The zero-order chi connectivity index (χ0) is 33.7. The van der Waals surface area contributed by atoms with Crippen molar-refractivity contribution in [3.8, 4) is 11.5 Å². The summed E-state index contributed by atoms with van der Waals surface area (Å²) in [4.78, 5) is 39.3. The van der Waals surface area contributed by atoms with Crippen molar-refractivity contribution in [2.75, 3.05) is 25.1 Å². The van der Waals surface area contributed by atoms with Crippen LogP contribution in [0.2, 0.25) is 5.02 Å². The number of halogens is 1. The molecule has 0 heterocycles. The molecule has 3 rings (SSSR count). The zero-order valence-electron chi connectivity index (χ0n) is 26.2. The number of nitrogens with zero attached hydrogens (tertiary/aromatic N) is 3. The van der Waals surface area contributed by atoms with Gasteiger partial charge in [-0.2, -0.15) is 0 Å². The first-order valence-electron chi connectivity index (χ1n) is 13.8. The maximum atomic E-state index is 14.2. The molecule has 14 heteroatoms. The van der Waals surface area contributed by atoms with E-state index in [0.717, 1.165) is 10.4 Å². The number of benzene rings is 3. The van der Waals surface area contributed by atoms with Crippen LogP contribution < -0.4 is 19.1 Å². The Morgan fingerprint density at radius 3 is 2.33 bits per heavy atom. The van der Waals surface area contributed by atoms with E-state index in [9.17, 15) is 28.1 Å². The third kappa shape index (κ3) is 8.64. The SMILES string of the molecule is COc1cccc(CN(C(=O)CN(c2cc(Cl)ccc2OC)S(=O)(=O)c2ccc(C)c([N+](=O)[O-])c2)[C@@H](C)C(=O)NC(C)(C)C)c1. The summed E-state index contributed by atoms with van der Waals surface area (Å²) in [6.07, 6.45) is 0. The molecule has 0 bridgehead atoms. The molecule has 0 aliphatic carbocycles. The highest BCUT2D eigenvalue weighted by Crippen LogP contribution is 2.36. The maximum Gasteiger partial charge on any atom is 0.273 e. The van der Waals surface area contributed by atoms with Gasteiger partial charge in [-0.3, -0.25) is 24.0 Å². The number of nitro benzene ring substituents is 1. The van der Waals surface area contributed by atoms with Crippen molar-refractivity contribution in [2.24, 2.45) is 0 Å². The first kappa shape index (κ1) is 35.1. The molecule has 0 aliphatic rings. The van der Waals surface area contributed by atoms with Crippen LogP contribution >= 0.6 is 11.6 Å². The van der Waals surface area contributed by atoms with E-state index in [1.165, 1.54) is 56.4 Å². The van der Waals surface area contributed by atoms with Crippen molar-refractivity contribution in [3.63, 3.8) is 0 Å². The molecule has 1 atom stereocenters. The molecule has 0 saturated heterocycles. The molecule has 2 amide bonds. The lowest BCUT2D eigenvalue weighted by Crippen LogP contribution is -2.54. The van der Waals surface area contributed by atoms with Crippen LogP contribution in [0.25, 0.3) is 0 Å². The molecule has 3 aromatic carbocycles. The van der Waals surface area contributed by atoms with Crippen molar-refractivity contribution < 1.29 is 32.4 Å². The van der Waals surface area contributed by atoms with Crippen molar-refractivity contribution in [1.82, 2.24) is 10.2 Å². The number of anilines is 1. The molecule has 12 nitrogen and oxygen atoms in total. The number of hydrogen-bond donors (Lipinski definition) is 1. The molecule has 242 valence electrons. The Hall–Kier alpha value is -4.36. The summed E-state index contributed by atoms with van der Waals surface area (Å²) in [6, 6.07) is 13.6. The van der Waals surface area contributed by atoms with Crippen molar-refractivity contribution in [1.29, 1.82) is 0 Å². The molecule has 0 saturated carbocycles. The minimum absolute atomic E-state index is 0.0642. The number of aryl methyl sites for hydroxylation is 1. The molecular formula is C31H37ClN4O8S. The van der Waals surface area contributed by atoms with Crippen LogP contribution in [-0.2, 0) is 26.2 Å². The first-order valence-corrected chi connectivity index (χ1v) is 15.7. The van der Waals surface area contributed by atoms with Crippen LogP contribution in [0.1, 0.15) is 38.8 Å². The monoisotopic (exact) mass is 660 g/mol. The maximum absolute atomic E-state index is 14.2. The van der Waals surface area contributed by atoms with E-state index < -0.39 is 55.5 Å². The van der Waals surface area contributed by atoms with E-state index in [0.29, 0.717) is 11.3 Å². The van der Waals surface area contributed by atoms with Gasteiger partial charge in [0.15, 0.2) is 0 Å². The third-order valence-corrected chi connectivity index (χ3v) is 8.80. The molecule has 0 unspecified atom stereocenters. The van der Waals surface area contributed by atoms with E-state index in [1.807, 2.05) is 0 Å². The molecule has 0 aromatic heterocycles. The summed E-state index contributed by atoms with van der Waals surface area (Å²) in [6.45, 7) is 7.56. The van der Waals surface area contributed by atoms with Gasteiger partial charge in [0.1, 0.15) is 24.1 Å². The van der Waals surface area contributed by atoms with Gasteiger partial charge >= 0.3 is 0 Å². The largest absolute Gasteiger partial charge is 0.497 e. The lowest BCUT2D eigenvalue weighted by molar-refractivity contribution is -0.385. The predicted molar refractivity (Wildman–Crippen MR) is 171 cm³/mol. The van der Waals surface area contributed by atoms with Gasteiger partial charge in [-0.1, -0.05) is 29.8 Å². The highest BCUT2D eigenvalue weighted by atomic mass is 35.5. The number of rotatable bonds is 12. The van der Waals surface area contributed by atoms with E-state index in [4.69, 9.17) is 21.1 Å². The van der Waals surface area contributed by atoms with Gasteiger partial charge in [0.05, 0.1) is 29.7 Å². The highest BCUT2D eigenvalue weighted by Gasteiger charge is 2.35.